The van der Waals surface area contributed by atoms with Crippen molar-refractivity contribution in [2.24, 2.45) is 0 Å². The van der Waals surface area contributed by atoms with Crippen molar-refractivity contribution in [2.75, 3.05) is 5.32 Å². The highest BCUT2D eigenvalue weighted by Gasteiger charge is 2.42. The van der Waals surface area contributed by atoms with E-state index in [-0.39, 0.29) is 22.8 Å². The molecule has 194 valence electrons. The van der Waals surface area contributed by atoms with Crippen LogP contribution in [-0.4, -0.2) is 35.4 Å². The molecule has 5 rings (SSSR count). The van der Waals surface area contributed by atoms with Gasteiger partial charge >= 0.3 is 0 Å². The smallest absolute Gasteiger partial charge is 0.258 e. The summed E-state index contributed by atoms with van der Waals surface area (Å²) in [5.41, 5.74) is -0.394. The first-order valence-corrected chi connectivity index (χ1v) is 12.2. The molecule has 0 fully saturated rings. The Bertz CT molecular complexity index is 1610. The fraction of sp³-hybridized carbons (Fsp3) is 0.214. The quantitative estimate of drug-likeness (QED) is 0.329. The van der Waals surface area contributed by atoms with E-state index >= 15 is 8.78 Å². The summed E-state index contributed by atoms with van der Waals surface area (Å²) in [6, 6.07) is 13.1. The average Bonchev–Trinajstić information content (AvgIpc) is 3.52. The Balaban J connectivity index is 1.70. The molecule has 0 saturated carbocycles. The second-order valence-corrected chi connectivity index (χ2v) is 8.93. The van der Waals surface area contributed by atoms with Gasteiger partial charge in [-0.3, -0.25) is 14.8 Å². The van der Waals surface area contributed by atoms with Crippen molar-refractivity contribution in [2.45, 2.75) is 39.3 Å². The fourth-order valence-corrected chi connectivity index (χ4v) is 4.70. The van der Waals surface area contributed by atoms with Crippen LogP contribution in [0.5, 0.6) is 0 Å². The van der Waals surface area contributed by atoms with Gasteiger partial charge in [-0.15, -0.1) is 5.10 Å². The molecule has 2 aromatic carbocycles. The monoisotopic (exact) mass is 516 g/mol. The summed E-state index contributed by atoms with van der Waals surface area (Å²) in [6.45, 7) is 6.12. The highest BCUT2D eigenvalue weighted by molar-refractivity contribution is 6.05. The third-order valence-electron chi connectivity index (χ3n) is 6.63. The highest BCUT2D eigenvalue weighted by atomic mass is 19.1. The van der Waals surface area contributed by atoms with Crippen LogP contribution in [0.3, 0.4) is 0 Å². The zero-order valence-electron chi connectivity index (χ0n) is 21.1. The molecular formula is C28H26F2N6O2. The number of anilines is 1. The second-order valence-electron chi connectivity index (χ2n) is 8.93. The molecule has 3 heterocycles. The number of halogens is 2. The lowest BCUT2D eigenvalue weighted by atomic mass is 9.80. The van der Waals surface area contributed by atoms with E-state index in [0.29, 0.717) is 35.2 Å². The van der Waals surface area contributed by atoms with Gasteiger partial charge in [-0.25, -0.2) is 18.3 Å². The van der Waals surface area contributed by atoms with E-state index in [1.807, 2.05) is 13.8 Å². The number of pyridine rings is 1. The minimum Gasteiger partial charge on any atom is -0.374 e. The second kappa shape index (κ2) is 9.79. The summed E-state index contributed by atoms with van der Waals surface area (Å²) in [5, 5.41) is 23.7. The number of fused-ring (bicyclic) bond motifs is 1. The molecule has 8 nitrogen and oxygen atoms in total. The van der Waals surface area contributed by atoms with Gasteiger partial charge in [0.25, 0.3) is 5.91 Å². The lowest BCUT2D eigenvalue weighted by Gasteiger charge is -2.29. The third-order valence-corrected chi connectivity index (χ3v) is 6.63. The van der Waals surface area contributed by atoms with Gasteiger partial charge < -0.3 is 5.11 Å². The minimum absolute atomic E-state index is 0.0792. The van der Waals surface area contributed by atoms with Crippen LogP contribution < -0.4 is 5.32 Å². The maximum Gasteiger partial charge on any atom is 0.258 e. The van der Waals surface area contributed by atoms with Crippen LogP contribution in [-0.2, 0) is 18.6 Å². The normalized spacial score (nSPS) is 11.7. The van der Waals surface area contributed by atoms with Gasteiger partial charge in [-0.05, 0) is 44.0 Å². The highest BCUT2D eigenvalue weighted by Crippen LogP contribution is 2.41. The van der Waals surface area contributed by atoms with E-state index in [4.69, 9.17) is 0 Å². The number of nitrogens with one attached hydrogen (secondary N) is 1. The van der Waals surface area contributed by atoms with Crippen molar-refractivity contribution in [3.63, 3.8) is 0 Å². The number of benzene rings is 2. The summed E-state index contributed by atoms with van der Waals surface area (Å²) in [7, 11) is 0. The zero-order valence-corrected chi connectivity index (χ0v) is 21.1. The number of carbonyl (C=O) groups excluding carboxylic acids is 1. The molecule has 10 heteroatoms. The van der Waals surface area contributed by atoms with E-state index in [1.54, 1.807) is 36.0 Å². The van der Waals surface area contributed by atoms with Crippen LogP contribution in [0.4, 0.5) is 14.7 Å². The van der Waals surface area contributed by atoms with Crippen LogP contribution in [0.2, 0.25) is 0 Å². The minimum atomic E-state index is -2.23. The van der Waals surface area contributed by atoms with Gasteiger partial charge in [0, 0.05) is 35.0 Å². The van der Waals surface area contributed by atoms with E-state index in [9.17, 15) is 9.90 Å². The number of aliphatic hydroxyl groups is 1. The fourth-order valence-electron chi connectivity index (χ4n) is 4.70. The lowest BCUT2D eigenvalue weighted by Crippen LogP contribution is -2.33. The van der Waals surface area contributed by atoms with Crippen molar-refractivity contribution in [1.82, 2.24) is 24.4 Å². The van der Waals surface area contributed by atoms with Crippen LogP contribution in [0.1, 0.15) is 52.2 Å². The molecule has 0 radical (unpaired) electrons. The van der Waals surface area contributed by atoms with Gasteiger partial charge in [-0.1, -0.05) is 43.3 Å². The summed E-state index contributed by atoms with van der Waals surface area (Å²) in [6.07, 6.45) is 3.54. The van der Waals surface area contributed by atoms with E-state index in [1.165, 1.54) is 47.2 Å². The first kappa shape index (κ1) is 25.2. The predicted molar refractivity (Wildman–Crippen MR) is 138 cm³/mol. The number of rotatable bonds is 7. The van der Waals surface area contributed by atoms with Crippen LogP contribution >= 0.6 is 0 Å². The molecule has 5 aromatic rings. The molecule has 0 aliphatic rings. The molecule has 0 unspecified atom stereocenters. The summed E-state index contributed by atoms with van der Waals surface area (Å²) >= 11 is 0. The SMILES string of the molecule is CCc1c(C(O)(c2ccccc2F)c2ccccc2F)nn2cc(C)c(C(=O)Nc3ncn(CC)n3)cc12. The average molecular weight is 517 g/mol. The van der Waals surface area contributed by atoms with Crippen molar-refractivity contribution in [1.29, 1.82) is 0 Å². The van der Waals surface area contributed by atoms with Crippen molar-refractivity contribution in [3.05, 3.63) is 112 Å². The number of amides is 1. The van der Waals surface area contributed by atoms with Crippen LogP contribution in [0.25, 0.3) is 5.52 Å². The molecule has 0 atom stereocenters. The molecule has 2 N–H and O–H groups in total. The summed E-state index contributed by atoms with van der Waals surface area (Å²) in [5.74, 6) is -1.64. The molecule has 0 spiro atoms. The van der Waals surface area contributed by atoms with Gasteiger partial charge in [0.05, 0.1) is 5.52 Å². The van der Waals surface area contributed by atoms with Gasteiger partial charge in [-0.2, -0.15) is 5.10 Å². The Labute approximate surface area is 217 Å². The zero-order chi connectivity index (χ0) is 27.0. The lowest BCUT2D eigenvalue weighted by molar-refractivity contribution is 0.102. The van der Waals surface area contributed by atoms with E-state index in [0.717, 1.165) is 0 Å². The van der Waals surface area contributed by atoms with E-state index in [2.05, 4.69) is 20.5 Å². The molecule has 1 amide bonds. The molecule has 0 aliphatic carbocycles. The third kappa shape index (κ3) is 4.12. The van der Waals surface area contributed by atoms with Gasteiger partial charge in [0.15, 0.2) is 5.60 Å². The maximum atomic E-state index is 15.2. The van der Waals surface area contributed by atoms with Crippen LogP contribution in [0, 0.1) is 18.6 Å². The Morgan fingerprint density at radius 1 is 1.03 bits per heavy atom. The van der Waals surface area contributed by atoms with Crippen molar-refractivity contribution in [3.8, 4) is 0 Å². The van der Waals surface area contributed by atoms with Crippen molar-refractivity contribution < 1.29 is 18.7 Å². The summed E-state index contributed by atoms with van der Waals surface area (Å²) in [4.78, 5) is 17.2. The maximum absolute atomic E-state index is 15.2. The molecule has 0 saturated heterocycles. The first-order chi connectivity index (χ1) is 18.3. The predicted octanol–water partition coefficient (Wildman–Crippen LogP) is 4.63. The van der Waals surface area contributed by atoms with Gasteiger partial charge in [0.1, 0.15) is 23.7 Å². The largest absolute Gasteiger partial charge is 0.374 e. The van der Waals surface area contributed by atoms with E-state index < -0.39 is 23.1 Å². The molecule has 38 heavy (non-hydrogen) atoms. The summed E-state index contributed by atoms with van der Waals surface area (Å²) < 4.78 is 33.4. The number of hydrogen-bond acceptors (Lipinski definition) is 5. The Morgan fingerprint density at radius 2 is 1.66 bits per heavy atom. The molecule has 0 aliphatic heterocycles. The molecule has 0 bridgehead atoms. The Hall–Kier alpha value is -4.44. The number of aromatic nitrogens is 5. The number of carbonyl (C=O) groups is 1. The van der Waals surface area contributed by atoms with Crippen molar-refractivity contribution >= 4 is 17.4 Å². The molecular weight excluding hydrogens is 490 g/mol. The number of aryl methyl sites for hydroxylation is 3. The number of nitrogens with zero attached hydrogens (tertiary/aromatic N) is 5. The van der Waals surface area contributed by atoms with Gasteiger partial charge in [0.2, 0.25) is 5.95 Å². The van der Waals surface area contributed by atoms with Crippen LogP contribution in [0.15, 0.2) is 67.1 Å². The standard InChI is InChI=1S/C28H26F2N6O2/c1-4-18-24-14-19(26(37)32-27-31-16-35(5-2)34-27)17(3)15-36(24)33-25(18)28(38,20-10-6-8-12-22(20)29)21-11-7-9-13-23(21)30/h6-16,38H,4-5H2,1-3H3,(H,32,34,37). The first-order valence-electron chi connectivity index (χ1n) is 12.2. The Kier molecular flexibility index (Phi) is 6.50. The molecule has 3 aromatic heterocycles. The number of hydrogen-bond donors (Lipinski definition) is 2. The topological polar surface area (TPSA) is 97.3 Å². The Morgan fingerprint density at radius 3 is 2.21 bits per heavy atom.